The molecule has 0 amide bonds. The maximum atomic E-state index is 12.9. The van der Waals surface area contributed by atoms with Gasteiger partial charge in [0.1, 0.15) is 24.7 Å². The Labute approximate surface area is 211 Å². The Morgan fingerprint density at radius 3 is 1.92 bits per heavy atom. The van der Waals surface area contributed by atoms with Crippen LogP contribution in [0.1, 0.15) is 27.0 Å². The number of ketones is 1. The zero-order valence-corrected chi connectivity index (χ0v) is 20.3. The van der Waals surface area contributed by atoms with Gasteiger partial charge in [0.2, 0.25) is 0 Å². The summed E-state index contributed by atoms with van der Waals surface area (Å²) >= 11 is 0. The van der Waals surface area contributed by atoms with Crippen LogP contribution in [0.2, 0.25) is 0 Å². The smallest absolute Gasteiger partial charge is 0.189 e. The summed E-state index contributed by atoms with van der Waals surface area (Å²) in [6, 6.07) is 30.7. The van der Waals surface area contributed by atoms with Crippen molar-refractivity contribution in [3.63, 3.8) is 0 Å². The third-order valence-corrected chi connectivity index (χ3v) is 5.54. The molecule has 36 heavy (non-hydrogen) atoms. The highest BCUT2D eigenvalue weighted by Crippen LogP contribution is 2.31. The Morgan fingerprint density at radius 1 is 0.667 bits per heavy atom. The van der Waals surface area contributed by atoms with Crippen molar-refractivity contribution in [3.8, 4) is 23.0 Å². The molecule has 0 aliphatic carbocycles. The van der Waals surface area contributed by atoms with Crippen molar-refractivity contribution < 1.29 is 23.7 Å². The van der Waals surface area contributed by atoms with Crippen LogP contribution in [0.25, 0.3) is 6.08 Å². The number of carbonyl (C=O) groups excluding carboxylic acids is 1. The molecule has 0 aromatic heterocycles. The maximum Gasteiger partial charge on any atom is 0.189 e. The van der Waals surface area contributed by atoms with E-state index < -0.39 is 0 Å². The quantitative estimate of drug-likeness (QED) is 0.175. The van der Waals surface area contributed by atoms with Crippen molar-refractivity contribution in [3.05, 3.63) is 125 Å². The highest BCUT2D eigenvalue weighted by atomic mass is 16.5. The summed E-state index contributed by atoms with van der Waals surface area (Å²) in [6.07, 6.45) is 3.27. The second-order valence-corrected chi connectivity index (χ2v) is 8.02. The second kappa shape index (κ2) is 12.3. The Morgan fingerprint density at radius 2 is 1.31 bits per heavy atom. The topological polar surface area (TPSA) is 54.0 Å². The lowest BCUT2D eigenvalue weighted by atomic mass is 10.1. The number of methoxy groups -OCH3 is 2. The number of ether oxygens (including phenoxy) is 4. The summed E-state index contributed by atoms with van der Waals surface area (Å²) < 4.78 is 22.8. The summed E-state index contributed by atoms with van der Waals surface area (Å²) in [4.78, 5) is 12.9. The van der Waals surface area contributed by atoms with Crippen molar-refractivity contribution in [2.75, 3.05) is 14.2 Å². The van der Waals surface area contributed by atoms with Gasteiger partial charge in [0, 0.05) is 6.07 Å². The van der Waals surface area contributed by atoms with E-state index >= 15 is 0 Å². The minimum atomic E-state index is -0.175. The molecule has 4 aromatic rings. The van der Waals surface area contributed by atoms with E-state index in [1.165, 1.54) is 13.2 Å². The van der Waals surface area contributed by atoms with Gasteiger partial charge in [-0.1, -0.05) is 72.8 Å². The Kier molecular flexibility index (Phi) is 8.39. The van der Waals surface area contributed by atoms with Crippen molar-refractivity contribution in [2.24, 2.45) is 0 Å². The molecule has 0 unspecified atom stereocenters. The van der Waals surface area contributed by atoms with Gasteiger partial charge in [0.05, 0.1) is 19.8 Å². The molecule has 0 aliphatic rings. The van der Waals surface area contributed by atoms with Gasteiger partial charge in [-0.3, -0.25) is 4.79 Å². The highest BCUT2D eigenvalue weighted by Gasteiger charge is 2.12. The molecular formula is C31H28O5. The van der Waals surface area contributed by atoms with E-state index in [0.717, 1.165) is 16.7 Å². The minimum absolute atomic E-state index is 0.175. The first-order valence-corrected chi connectivity index (χ1v) is 11.6. The predicted octanol–water partition coefficient (Wildman–Crippen LogP) is 6.76. The number of hydrogen-bond donors (Lipinski definition) is 0. The number of allylic oxidation sites excluding steroid dienone is 1. The van der Waals surface area contributed by atoms with E-state index in [2.05, 4.69) is 0 Å². The minimum Gasteiger partial charge on any atom is -0.497 e. The number of carbonyl (C=O) groups is 1. The number of hydrogen-bond acceptors (Lipinski definition) is 5. The standard InChI is InChI=1S/C31H28O5/c1-33-26-15-16-27(30(20-26)34-2)28(32)17-13-23-14-18-29(35-21-24-9-5-3-6-10-24)31(19-23)36-22-25-11-7-4-8-12-25/h3-20H,21-22H2,1-2H3. The van der Waals surface area contributed by atoms with Crippen LogP contribution in [-0.4, -0.2) is 20.0 Å². The van der Waals surface area contributed by atoms with Gasteiger partial charge in [0.25, 0.3) is 0 Å². The van der Waals surface area contributed by atoms with Crippen LogP contribution >= 0.6 is 0 Å². The number of benzene rings is 4. The largest absolute Gasteiger partial charge is 0.497 e. The van der Waals surface area contributed by atoms with Crippen LogP contribution in [-0.2, 0) is 13.2 Å². The third kappa shape index (κ3) is 6.54. The van der Waals surface area contributed by atoms with Crippen LogP contribution in [0.4, 0.5) is 0 Å². The fourth-order valence-corrected chi connectivity index (χ4v) is 3.59. The molecule has 0 spiro atoms. The molecule has 182 valence electrons. The van der Waals surface area contributed by atoms with Gasteiger partial charge in [0.15, 0.2) is 17.3 Å². The van der Waals surface area contributed by atoms with E-state index in [4.69, 9.17) is 18.9 Å². The third-order valence-electron chi connectivity index (χ3n) is 5.54. The van der Waals surface area contributed by atoms with Crippen molar-refractivity contribution in [1.29, 1.82) is 0 Å². The molecule has 0 N–H and O–H groups in total. The van der Waals surface area contributed by atoms with Crippen molar-refractivity contribution in [2.45, 2.75) is 13.2 Å². The maximum absolute atomic E-state index is 12.9. The Balaban J connectivity index is 1.54. The average Bonchev–Trinajstić information content (AvgIpc) is 2.94. The van der Waals surface area contributed by atoms with Crippen LogP contribution in [0.15, 0.2) is 103 Å². The van der Waals surface area contributed by atoms with Gasteiger partial charge in [-0.2, -0.15) is 0 Å². The Bertz CT molecular complexity index is 1310. The molecule has 0 aliphatic heterocycles. The first-order chi connectivity index (χ1) is 17.7. The Hall–Kier alpha value is -4.51. The van der Waals surface area contributed by atoms with Gasteiger partial charge in [-0.25, -0.2) is 0 Å². The summed E-state index contributed by atoms with van der Waals surface area (Å²) in [6.45, 7) is 0.825. The molecule has 4 rings (SSSR count). The van der Waals surface area contributed by atoms with Crippen molar-refractivity contribution >= 4 is 11.9 Å². The first kappa shape index (κ1) is 24.6. The fraction of sp³-hybridized carbons (Fsp3) is 0.129. The van der Waals surface area contributed by atoms with Gasteiger partial charge >= 0.3 is 0 Å². The first-order valence-electron chi connectivity index (χ1n) is 11.6. The van der Waals surface area contributed by atoms with Crippen LogP contribution in [0, 0.1) is 0 Å². The highest BCUT2D eigenvalue weighted by molar-refractivity contribution is 6.08. The van der Waals surface area contributed by atoms with E-state index in [-0.39, 0.29) is 5.78 Å². The van der Waals surface area contributed by atoms with Gasteiger partial charge < -0.3 is 18.9 Å². The number of rotatable bonds is 11. The molecule has 0 fully saturated rings. The molecule has 0 heterocycles. The predicted molar refractivity (Wildman–Crippen MR) is 141 cm³/mol. The zero-order valence-electron chi connectivity index (χ0n) is 20.3. The lowest BCUT2D eigenvalue weighted by molar-refractivity contribution is 0.104. The van der Waals surface area contributed by atoms with Crippen LogP contribution in [0.5, 0.6) is 23.0 Å². The molecule has 0 bridgehead atoms. The molecule has 0 saturated heterocycles. The molecule has 5 heteroatoms. The molecular weight excluding hydrogens is 452 g/mol. The summed E-state index contributed by atoms with van der Waals surface area (Å²) in [5.41, 5.74) is 3.38. The van der Waals surface area contributed by atoms with E-state index in [9.17, 15) is 4.79 Å². The zero-order chi connectivity index (χ0) is 25.2. The lowest BCUT2D eigenvalue weighted by Gasteiger charge is -2.14. The lowest BCUT2D eigenvalue weighted by Crippen LogP contribution is -2.01. The van der Waals surface area contributed by atoms with Crippen LogP contribution < -0.4 is 18.9 Å². The summed E-state index contributed by atoms with van der Waals surface area (Å²) in [7, 11) is 3.10. The van der Waals surface area contributed by atoms with Gasteiger partial charge in [-0.05, 0) is 47.0 Å². The monoisotopic (exact) mass is 480 g/mol. The molecule has 5 nitrogen and oxygen atoms in total. The van der Waals surface area contributed by atoms with Crippen molar-refractivity contribution in [1.82, 2.24) is 0 Å². The molecule has 0 atom stereocenters. The van der Waals surface area contributed by atoms with E-state index in [1.54, 1.807) is 31.4 Å². The SMILES string of the molecule is COc1ccc(C(=O)C=Cc2ccc(OCc3ccccc3)c(OCc3ccccc3)c2)c(OC)c1. The van der Waals surface area contributed by atoms with Gasteiger partial charge in [-0.15, -0.1) is 0 Å². The molecule has 0 radical (unpaired) electrons. The van der Waals surface area contributed by atoms with E-state index in [1.807, 2.05) is 78.9 Å². The van der Waals surface area contributed by atoms with E-state index in [0.29, 0.717) is 41.8 Å². The normalized spacial score (nSPS) is 10.7. The fourth-order valence-electron chi connectivity index (χ4n) is 3.59. The second-order valence-electron chi connectivity index (χ2n) is 8.02. The average molecular weight is 481 g/mol. The summed E-state index contributed by atoms with van der Waals surface area (Å²) in [5, 5.41) is 0. The molecule has 0 saturated carbocycles. The molecule has 4 aromatic carbocycles. The van der Waals surface area contributed by atoms with Crippen LogP contribution in [0.3, 0.4) is 0 Å². The summed E-state index contributed by atoms with van der Waals surface area (Å²) in [5.74, 6) is 2.14.